The predicted octanol–water partition coefficient (Wildman–Crippen LogP) is 5.24. The standard InChI is InChI=1S/C19H27N2/c1-2-3-4-5-9-12-18(19-20-15-16-21-19)14-13-17-10-7-6-8-11-17/h6-8,10-11,15-16,18H,2-5,9,12-14H2,1H3/q+1. The number of aryl methyl sites for hydroxylation is 1. The molecular weight excluding hydrogens is 256 g/mol. The molecule has 0 aromatic heterocycles. The largest absolute Gasteiger partial charge is 0.243 e. The molecule has 0 aliphatic carbocycles. The maximum absolute atomic E-state index is 4.43. The third kappa shape index (κ3) is 5.74. The SMILES string of the molecule is CCCCCCCC(CCc1ccccc1)[C+]1N=CC=N1. The average Bonchev–Trinajstić information content (AvgIpc) is 3.05. The van der Waals surface area contributed by atoms with E-state index in [1.807, 2.05) is 12.4 Å². The molecule has 0 bridgehead atoms. The van der Waals surface area contributed by atoms with Gasteiger partial charge < -0.3 is 0 Å². The molecule has 1 heterocycles. The van der Waals surface area contributed by atoms with Crippen molar-refractivity contribution in [3.05, 3.63) is 42.1 Å². The molecule has 0 radical (unpaired) electrons. The Bertz CT molecular complexity index is 424. The van der Waals surface area contributed by atoms with Crippen molar-refractivity contribution in [1.82, 2.24) is 0 Å². The Morgan fingerprint density at radius 1 is 0.905 bits per heavy atom. The fraction of sp³-hybridized carbons (Fsp3) is 0.526. The van der Waals surface area contributed by atoms with Gasteiger partial charge in [0.1, 0.15) is 0 Å². The smallest absolute Gasteiger partial charge is 0.0965 e. The van der Waals surface area contributed by atoms with E-state index in [4.69, 9.17) is 0 Å². The molecule has 0 fully saturated rings. The molecule has 1 aromatic rings. The fourth-order valence-electron chi connectivity index (χ4n) is 2.85. The van der Waals surface area contributed by atoms with Crippen LogP contribution in [0.25, 0.3) is 0 Å². The van der Waals surface area contributed by atoms with Crippen molar-refractivity contribution in [1.29, 1.82) is 0 Å². The molecule has 112 valence electrons. The molecule has 2 rings (SSSR count). The lowest BCUT2D eigenvalue weighted by Gasteiger charge is -2.14. The number of nitrogens with zero attached hydrogens (tertiary/aromatic N) is 2. The van der Waals surface area contributed by atoms with Crippen LogP contribution >= 0.6 is 0 Å². The van der Waals surface area contributed by atoms with Crippen LogP contribution in [0.3, 0.4) is 0 Å². The van der Waals surface area contributed by atoms with Gasteiger partial charge in [0.2, 0.25) is 6.17 Å². The number of hydrogen-bond donors (Lipinski definition) is 0. The highest BCUT2D eigenvalue weighted by Crippen LogP contribution is 2.29. The van der Waals surface area contributed by atoms with Crippen LogP contribution in [-0.4, -0.2) is 12.4 Å². The van der Waals surface area contributed by atoms with Gasteiger partial charge in [-0.25, -0.2) is 0 Å². The van der Waals surface area contributed by atoms with Crippen LogP contribution in [0.15, 0.2) is 40.3 Å². The first-order valence-electron chi connectivity index (χ1n) is 8.37. The van der Waals surface area contributed by atoms with Crippen LogP contribution in [0, 0.1) is 12.1 Å². The van der Waals surface area contributed by atoms with E-state index in [1.54, 1.807) is 0 Å². The maximum Gasteiger partial charge on any atom is 0.243 e. The summed E-state index contributed by atoms with van der Waals surface area (Å²) in [6.45, 7) is 2.26. The van der Waals surface area contributed by atoms with Crippen molar-refractivity contribution in [3.8, 4) is 0 Å². The van der Waals surface area contributed by atoms with Gasteiger partial charge >= 0.3 is 0 Å². The molecule has 1 aliphatic rings. The summed E-state index contributed by atoms with van der Waals surface area (Å²) in [7, 11) is 0. The number of benzene rings is 1. The van der Waals surface area contributed by atoms with Gasteiger partial charge in [0.05, 0.1) is 5.92 Å². The van der Waals surface area contributed by atoms with E-state index in [0.29, 0.717) is 5.92 Å². The van der Waals surface area contributed by atoms with Crippen LogP contribution in [0.5, 0.6) is 0 Å². The Labute approximate surface area is 129 Å². The van der Waals surface area contributed by atoms with E-state index in [9.17, 15) is 0 Å². The molecule has 1 aromatic carbocycles. The summed E-state index contributed by atoms with van der Waals surface area (Å²) in [4.78, 5) is 8.87. The number of unbranched alkanes of at least 4 members (excludes halogenated alkanes) is 4. The predicted molar refractivity (Wildman–Crippen MR) is 91.9 cm³/mol. The molecule has 1 aliphatic heterocycles. The molecule has 1 atom stereocenters. The second-order valence-electron chi connectivity index (χ2n) is 5.84. The molecule has 0 amide bonds. The molecule has 21 heavy (non-hydrogen) atoms. The molecule has 1 unspecified atom stereocenters. The first-order chi connectivity index (χ1) is 10.4. The first-order valence-corrected chi connectivity index (χ1v) is 8.37. The van der Waals surface area contributed by atoms with Crippen LogP contribution in [0.1, 0.15) is 57.4 Å². The molecule has 0 spiro atoms. The van der Waals surface area contributed by atoms with E-state index in [-0.39, 0.29) is 0 Å². The quantitative estimate of drug-likeness (QED) is 0.414. The fourth-order valence-corrected chi connectivity index (χ4v) is 2.85. The number of hydrogen-bond acceptors (Lipinski definition) is 2. The van der Waals surface area contributed by atoms with E-state index in [1.165, 1.54) is 44.1 Å². The minimum absolute atomic E-state index is 0.516. The Morgan fingerprint density at radius 3 is 2.33 bits per heavy atom. The van der Waals surface area contributed by atoms with Gasteiger partial charge in [-0.2, -0.15) is 0 Å². The van der Waals surface area contributed by atoms with Crippen molar-refractivity contribution in [2.24, 2.45) is 15.9 Å². The van der Waals surface area contributed by atoms with E-state index in [2.05, 4.69) is 47.2 Å². The summed E-state index contributed by atoms with van der Waals surface area (Å²) < 4.78 is 0. The van der Waals surface area contributed by atoms with E-state index >= 15 is 0 Å². The summed E-state index contributed by atoms with van der Waals surface area (Å²) in [5, 5.41) is 0. The third-order valence-electron chi connectivity index (χ3n) is 4.13. The van der Waals surface area contributed by atoms with Crippen LogP contribution < -0.4 is 0 Å². The molecule has 0 saturated carbocycles. The van der Waals surface area contributed by atoms with Gasteiger partial charge in [0.15, 0.2) is 12.4 Å². The Kier molecular flexibility index (Phi) is 7.06. The molecule has 2 heteroatoms. The summed E-state index contributed by atoms with van der Waals surface area (Å²) in [5.41, 5.74) is 1.42. The summed E-state index contributed by atoms with van der Waals surface area (Å²) in [5.74, 6) is 0.516. The Balaban J connectivity index is 1.78. The van der Waals surface area contributed by atoms with Gasteiger partial charge in [-0.05, 0) is 24.8 Å². The Morgan fingerprint density at radius 2 is 1.62 bits per heavy atom. The number of rotatable bonds is 10. The summed E-state index contributed by atoms with van der Waals surface area (Å²) in [6.07, 6.45) is 14.9. The zero-order valence-corrected chi connectivity index (χ0v) is 13.2. The highest BCUT2D eigenvalue weighted by atomic mass is 15.0. The van der Waals surface area contributed by atoms with Gasteiger partial charge in [-0.3, -0.25) is 0 Å². The van der Waals surface area contributed by atoms with Crippen molar-refractivity contribution in [2.45, 2.75) is 58.3 Å². The average molecular weight is 283 g/mol. The van der Waals surface area contributed by atoms with Crippen molar-refractivity contribution in [3.63, 3.8) is 0 Å². The van der Waals surface area contributed by atoms with Gasteiger partial charge in [0.25, 0.3) is 0 Å². The third-order valence-corrected chi connectivity index (χ3v) is 4.13. The molecular formula is C19H27N2+. The van der Waals surface area contributed by atoms with Gasteiger partial charge in [-0.1, -0.05) is 79.3 Å². The zero-order valence-electron chi connectivity index (χ0n) is 13.2. The second kappa shape index (κ2) is 9.38. The first kappa shape index (κ1) is 15.8. The molecule has 2 nitrogen and oxygen atoms in total. The number of aliphatic imine (C=N–C) groups is 2. The maximum atomic E-state index is 4.43. The highest BCUT2D eigenvalue weighted by molar-refractivity contribution is 6.18. The van der Waals surface area contributed by atoms with Crippen LogP contribution in [-0.2, 0) is 6.42 Å². The van der Waals surface area contributed by atoms with Crippen molar-refractivity contribution in [2.75, 3.05) is 0 Å². The van der Waals surface area contributed by atoms with E-state index < -0.39 is 0 Å². The Hall–Kier alpha value is -1.57. The lowest BCUT2D eigenvalue weighted by Crippen LogP contribution is -2.09. The minimum Gasteiger partial charge on any atom is -0.0965 e. The molecule has 0 N–H and O–H groups in total. The highest BCUT2D eigenvalue weighted by Gasteiger charge is 2.27. The normalized spacial score (nSPS) is 14.8. The van der Waals surface area contributed by atoms with E-state index in [0.717, 1.165) is 19.0 Å². The van der Waals surface area contributed by atoms with Gasteiger partial charge in [0, 0.05) is 0 Å². The summed E-state index contributed by atoms with van der Waals surface area (Å²) >= 11 is 0. The zero-order chi connectivity index (χ0) is 14.8. The minimum atomic E-state index is 0.516. The van der Waals surface area contributed by atoms with Crippen LogP contribution in [0.4, 0.5) is 0 Å². The van der Waals surface area contributed by atoms with Crippen molar-refractivity contribution >= 4 is 12.4 Å². The molecule has 0 saturated heterocycles. The summed E-state index contributed by atoms with van der Waals surface area (Å²) in [6, 6.07) is 10.7. The lowest BCUT2D eigenvalue weighted by atomic mass is 9.91. The second-order valence-corrected chi connectivity index (χ2v) is 5.84. The topological polar surface area (TPSA) is 24.7 Å². The van der Waals surface area contributed by atoms with Crippen LogP contribution in [0.2, 0.25) is 0 Å². The van der Waals surface area contributed by atoms with Crippen molar-refractivity contribution < 1.29 is 0 Å². The lowest BCUT2D eigenvalue weighted by molar-refractivity contribution is 0.432. The van der Waals surface area contributed by atoms with Gasteiger partial charge in [-0.15, -0.1) is 0 Å². The monoisotopic (exact) mass is 283 g/mol.